The Morgan fingerprint density at radius 3 is 2.46 bits per heavy atom. The Morgan fingerprint density at radius 2 is 1.83 bits per heavy atom. The summed E-state index contributed by atoms with van der Waals surface area (Å²) >= 11 is 5.09. The lowest BCUT2D eigenvalue weighted by Crippen LogP contribution is -2.53. The highest BCUT2D eigenvalue weighted by Crippen LogP contribution is 2.32. The van der Waals surface area contributed by atoms with Gasteiger partial charge in [0.2, 0.25) is 0 Å². The van der Waals surface area contributed by atoms with Gasteiger partial charge in [-0.1, -0.05) is 0 Å². The normalized spacial score (nSPS) is 21.3. The first-order chi connectivity index (χ1) is 11.3. The molecule has 7 heteroatoms. The van der Waals surface area contributed by atoms with Crippen molar-refractivity contribution in [2.75, 3.05) is 19.0 Å². The largest absolute Gasteiger partial charge is 0.344 e. The summed E-state index contributed by atoms with van der Waals surface area (Å²) in [7, 11) is 3.09. The third kappa shape index (κ3) is 2.58. The Kier molecular flexibility index (Phi) is 4.13. The van der Waals surface area contributed by atoms with E-state index in [2.05, 4.69) is 0 Å². The predicted molar refractivity (Wildman–Crippen MR) is 92.9 cm³/mol. The number of aryl methyl sites for hydroxylation is 1. The lowest BCUT2D eigenvalue weighted by Gasteiger charge is -2.37. The van der Waals surface area contributed by atoms with E-state index in [4.69, 9.17) is 12.2 Å². The van der Waals surface area contributed by atoms with E-state index >= 15 is 0 Å². The van der Waals surface area contributed by atoms with Gasteiger partial charge in [0.05, 0.1) is 0 Å². The van der Waals surface area contributed by atoms with E-state index < -0.39 is 11.8 Å². The van der Waals surface area contributed by atoms with Crippen LogP contribution in [0.4, 0.5) is 10.1 Å². The van der Waals surface area contributed by atoms with Gasteiger partial charge in [-0.05, 0) is 55.7 Å². The molecule has 3 rings (SSSR count). The fourth-order valence-corrected chi connectivity index (χ4v) is 3.21. The van der Waals surface area contributed by atoms with Crippen LogP contribution in [0.25, 0.3) is 0 Å². The fraction of sp³-hybridized carbons (Fsp3) is 0.353. The summed E-state index contributed by atoms with van der Waals surface area (Å²) in [5.74, 6) is -1.14. The Morgan fingerprint density at radius 1 is 1.21 bits per heavy atom. The first kappa shape index (κ1) is 16.6. The van der Waals surface area contributed by atoms with Crippen molar-refractivity contribution < 1.29 is 14.0 Å². The predicted octanol–water partition coefficient (Wildman–Crippen LogP) is 2.07. The van der Waals surface area contributed by atoms with Crippen LogP contribution in [0.3, 0.4) is 0 Å². The smallest absolute Gasteiger partial charge is 0.266 e. The second kappa shape index (κ2) is 5.98. The van der Waals surface area contributed by atoms with E-state index in [9.17, 15) is 14.0 Å². The topological polar surface area (TPSA) is 43.9 Å². The van der Waals surface area contributed by atoms with Crippen molar-refractivity contribution >= 4 is 34.8 Å². The SMILES string of the molecule is CC1CCc2cc(F)ccc2N1C=C1C(=O)N(C)C(=S)N(C)C1=O. The summed E-state index contributed by atoms with van der Waals surface area (Å²) in [5, 5.41) is 0.177. The first-order valence-corrected chi connectivity index (χ1v) is 8.10. The Balaban J connectivity index is 2.06. The van der Waals surface area contributed by atoms with Gasteiger partial charge in [0, 0.05) is 32.0 Å². The number of halogens is 1. The van der Waals surface area contributed by atoms with E-state index in [0.29, 0.717) is 0 Å². The summed E-state index contributed by atoms with van der Waals surface area (Å²) < 4.78 is 13.5. The van der Waals surface area contributed by atoms with Crippen molar-refractivity contribution in [3.63, 3.8) is 0 Å². The van der Waals surface area contributed by atoms with Crippen LogP contribution in [0.15, 0.2) is 30.0 Å². The molecule has 0 radical (unpaired) electrons. The van der Waals surface area contributed by atoms with Crippen molar-refractivity contribution in [2.45, 2.75) is 25.8 Å². The van der Waals surface area contributed by atoms with Crippen LogP contribution < -0.4 is 4.90 Å². The van der Waals surface area contributed by atoms with Crippen molar-refractivity contribution in [1.82, 2.24) is 9.80 Å². The lowest BCUT2D eigenvalue weighted by molar-refractivity contribution is -0.132. The Hall–Kier alpha value is -2.28. The van der Waals surface area contributed by atoms with Gasteiger partial charge in [-0.3, -0.25) is 19.4 Å². The molecule has 24 heavy (non-hydrogen) atoms. The van der Waals surface area contributed by atoms with Crippen LogP contribution in [-0.4, -0.2) is 46.9 Å². The molecule has 2 heterocycles. The number of anilines is 1. The zero-order valence-corrected chi connectivity index (χ0v) is 14.6. The van der Waals surface area contributed by atoms with Gasteiger partial charge < -0.3 is 4.90 Å². The molecule has 0 bridgehead atoms. The molecule has 2 aliphatic rings. The summed E-state index contributed by atoms with van der Waals surface area (Å²) in [6.45, 7) is 2.01. The number of fused-ring (bicyclic) bond motifs is 1. The third-order valence-electron chi connectivity index (χ3n) is 4.54. The summed E-state index contributed by atoms with van der Waals surface area (Å²) in [5.41, 5.74) is 1.75. The van der Waals surface area contributed by atoms with Gasteiger partial charge in [-0.2, -0.15) is 0 Å². The zero-order valence-electron chi connectivity index (χ0n) is 13.7. The molecule has 1 atom stereocenters. The quantitative estimate of drug-likeness (QED) is 0.443. The number of carbonyl (C=O) groups is 2. The highest BCUT2D eigenvalue weighted by Gasteiger charge is 2.36. The molecule has 1 saturated heterocycles. The van der Waals surface area contributed by atoms with E-state index in [1.54, 1.807) is 26.4 Å². The molecule has 0 N–H and O–H groups in total. The van der Waals surface area contributed by atoms with E-state index in [1.807, 2.05) is 11.8 Å². The number of nitrogens with zero attached hydrogens (tertiary/aromatic N) is 3. The molecule has 0 aromatic heterocycles. The number of amides is 2. The van der Waals surface area contributed by atoms with Crippen LogP contribution in [-0.2, 0) is 16.0 Å². The minimum atomic E-state index is -0.426. The van der Waals surface area contributed by atoms with Gasteiger partial charge in [0.25, 0.3) is 11.8 Å². The number of hydrogen-bond donors (Lipinski definition) is 0. The van der Waals surface area contributed by atoms with Crippen molar-refractivity contribution in [1.29, 1.82) is 0 Å². The molecule has 1 fully saturated rings. The molecular weight excluding hydrogens is 329 g/mol. The second-order valence-electron chi connectivity index (χ2n) is 6.12. The van der Waals surface area contributed by atoms with Gasteiger partial charge in [0.15, 0.2) is 5.11 Å². The molecular formula is C17H18FN3O2S. The van der Waals surface area contributed by atoms with E-state index in [1.165, 1.54) is 21.9 Å². The molecule has 0 aliphatic carbocycles. The lowest BCUT2D eigenvalue weighted by atomic mass is 9.96. The monoisotopic (exact) mass is 347 g/mol. The first-order valence-electron chi connectivity index (χ1n) is 7.70. The standard InChI is InChI=1S/C17H18FN3O2S/c1-10-4-5-11-8-12(18)6-7-14(11)21(10)9-13-15(22)19(2)17(24)20(3)16(13)23/h6-10H,4-5H2,1-3H3. The van der Waals surface area contributed by atoms with Crippen LogP contribution in [0.5, 0.6) is 0 Å². The maximum atomic E-state index is 13.5. The summed E-state index contributed by atoms with van der Waals surface area (Å²) in [6, 6.07) is 4.68. The molecule has 1 aromatic carbocycles. The molecule has 1 unspecified atom stereocenters. The number of likely N-dealkylation sites (N-methyl/N-ethyl adjacent to an activating group) is 2. The highest BCUT2D eigenvalue weighted by molar-refractivity contribution is 7.80. The van der Waals surface area contributed by atoms with Crippen LogP contribution in [0, 0.1) is 5.82 Å². The highest BCUT2D eigenvalue weighted by atomic mass is 32.1. The molecule has 126 valence electrons. The average Bonchev–Trinajstić information content (AvgIpc) is 2.56. The van der Waals surface area contributed by atoms with Gasteiger partial charge in [-0.25, -0.2) is 4.39 Å². The number of rotatable bonds is 1. The summed E-state index contributed by atoms with van der Waals surface area (Å²) in [6.07, 6.45) is 3.15. The number of benzene rings is 1. The van der Waals surface area contributed by atoms with Crippen LogP contribution >= 0.6 is 12.2 Å². The van der Waals surface area contributed by atoms with E-state index in [0.717, 1.165) is 24.1 Å². The minimum absolute atomic E-state index is 0.0534. The zero-order chi connectivity index (χ0) is 17.6. The minimum Gasteiger partial charge on any atom is -0.344 e. The van der Waals surface area contributed by atoms with Gasteiger partial charge >= 0.3 is 0 Å². The molecule has 0 spiro atoms. The average molecular weight is 347 g/mol. The third-order valence-corrected chi connectivity index (χ3v) is 5.09. The van der Waals surface area contributed by atoms with Crippen molar-refractivity contribution in [3.8, 4) is 0 Å². The van der Waals surface area contributed by atoms with Crippen molar-refractivity contribution in [2.24, 2.45) is 0 Å². The Bertz CT molecular complexity index is 751. The Labute approximate surface area is 145 Å². The van der Waals surface area contributed by atoms with Crippen LogP contribution in [0.1, 0.15) is 18.9 Å². The van der Waals surface area contributed by atoms with Gasteiger partial charge in [0.1, 0.15) is 11.4 Å². The maximum Gasteiger partial charge on any atom is 0.266 e. The second-order valence-corrected chi connectivity index (χ2v) is 6.49. The van der Waals surface area contributed by atoms with Crippen LogP contribution in [0.2, 0.25) is 0 Å². The van der Waals surface area contributed by atoms with E-state index in [-0.39, 0.29) is 22.5 Å². The van der Waals surface area contributed by atoms with Crippen molar-refractivity contribution in [3.05, 3.63) is 41.4 Å². The fourth-order valence-electron chi connectivity index (χ4n) is 3.04. The molecule has 5 nitrogen and oxygen atoms in total. The molecule has 2 aliphatic heterocycles. The number of thiocarbonyl (C=S) groups is 1. The molecule has 1 aromatic rings. The molecule has 2 amide bonds. The number of carbonyl (C=O) groups excluding carboxylic acids is 2. The maximum absolute atomic E-state index is 13.5. The number of hydrogen-bond acceptors (Lipinski definition) is 4. The van der Waals surface area contributed by atoms with Gasteiger partial charge in [-0.15, -0.1) is 0 Å². The molecule has 0 saturated carbocycles. The summed E-state index contributed by atoms with van der Waals surface area (Å²) in [4.78, 5) is 29.4.